The minimum Gasteiger partial charge on any atom is -0.507 e. The molecule has 1 aromatic heterocycles. The number of hydrogen-bond donors (Lipinski definition) is 1. The van der Waals surface area contributed by atoms with E-state index < -0.39 is 17.7 Å². The van der Waals surface area contributed by atoms with Gasteiger partial charge in [0.2, 0.25) is 0 Å². The lowest BCUT2D eigenvalue weighted by Gasteiger charge is -2.28. The summed E-state index contributed by atoms with van der Waals surface area (Å²) < 4.78 is 5.70. The molecule has 1 atom stereocenters. The number of fused-ring (bicyclic) bond motifs is 1. The first-order valence-corrected chi connectivity index (χ1v) is 11.1. The van der Waals surface area contributed by atoms with E-state index in [9.17, 15) is 14.7 Å². The van der Waals surface area contributed by atoms with Crippen molar-refractivity contribution in [1.82, 2.24) is 4.98 Å². The largest absolute Gasteiger partial charge is 0.507 e. The van der Waals surface area contributed by atoms with Gasteiger partial charge in [0.25, 0.3) is 11.7 Å². The molecule has 1 unspecified atom stereocenters. The Bertz CT molecular complexity index is 1330. The van der Waals surface area contributed by atoms with Crippen molar-refractivity contribution in [1.29, 1.82) is 0 Å². The number of aliphatic hydroxyl groups excluding tert-OH is 1. The monoisotopic (exact) mass is 455 g/mol. The Labute approximate surface area is 197 Å². The van der Waals surface area contributed by atoms with Crippen molar-refractivity contribution in [3.63, 3.8) is 0 Å². The van der Waals surface area contributed by atoms with Crippen molar-refractivity contribution < 1.29 is 19.4 Å². The van der Waals surface area contributed by atoms with Gasteiger partial charge in [-0.3, -0.25) is 19.5 Å². The van der Waals surface area contributed by atoms with Gasteiger partial charge in [0.15, 0.2) is 0 Å². The molecule has 2 aliphatic heterocycles. The third-order valence-electron chi connectivity index (χ3n) is 6.56. The molecule has 0 radical (unpaired) electrons. The molecule has 1 amide bonds. The Morgan fingerprint density at radius 3 is 2.53 bits per heavy atom. The van der Waals surface area contributed by atoms with E-state index in [0.717, 1.165) is 16.8 Å². The third-order valence-corrected chi connectivity index (χ3v) is 6.56. The molecule has 34 heavy (non-hydrogen) atoms. The molecule has 2 aromatic carbocycles. The number of likely N-dealkylation sites (N-methyl/N-ethyl adjacent to an activating group) is 1. The fraction of sp³-hybridized carbons (Fsp3) is 0.222. The lowest BCUT2D eigenvalue weighted by Crippen LogP contribution is -2.29. The van der Waals surface area contributed by atoms with Crippen LogP contribution in [0, 0.1) is 13.8 Å². The smallest absolute Gasteiger partial charge is 0.300 e. The Morgan fingerprint density at radius 2 is 1.79 bits per heavy atom. The van der Waals surface area contributed by atoms with E-state index in [-0.39, 0.29) is 11.3 Å². The average Bonchev–Trinajstić information content (AvgIpc) is 3.11. The molecule has 1 N–H and O–H groups in total. The summed E-state index contributed by atoms with van der Waals surface area (Å²) in [6, 6.07) is 13.6. The number of rotatable bonds is 3. The third kappa shape index (κ3) is 3.50. The van der Waals surface area contributed by atoms with E-state index in [0.29, 0.717) is 35.7 Å². The van der Waals surface area contributed by atoms with Crippen molar-refractivity contribution in [3.05, 3.63) is 88.8 Å². The standard InChI is InChI=1S/C27H25N3O4/c1-16-4-6-20(14-17(16)2)30-24(18-8-10-28-11-9-18)23(26(32)27(30)33)25(31)19-5-7-22-21(15-19)29(3)12-13-34-22/h4-11,14-15,24,31H,12-13H2,1-3H3/b25-23-. The Hall–Kier alpha value is -4.13. The zero-order valence-electron chi connectivity index (χ0n) is 19.3. The van der Waals surface area contributed by atoms with Crippen LogP contribution in [0.3, 0.4) is 0 Å². The van der Waals surface area contributed by atoms with Crippen molar-refractivity contribution in [3.8, 4) is 5.75 Å². The van der Waals surface area contributed by atoms with Gasteiger partial charge in [0.05, 0.1) is 23.8 Å². The number of carbonyl (C=O) groups excluding carboxylic acids is 2. The van der Waals surface area contributed by atoms with E-state index in [1.807, 2.05) is 44.0 Å². The van der Waals surface area contributed by atoms with Crippen LogP contribution in [0.15, 0.2) is 66.5 Å². The summed E-state index contributed by atoms with van der Waals surface area (Å²) in [7, 11) is 1.95. The lowest BCUT2D eigenvalue weighted by atomic mass is 9.95. The van der Waals surface area contributed by atoms with Gasteiger partial charge in [0.1, 0.15) is 18.1 Å². The van der Waals surface area contributed by atoms with Gasteiger partial charge in [0, 0.05) is 30.7 Å². The van der Waals surface area contributed by atoms with E-state index in [1.165, 1.54) is 4.90 Å². The number of aromatic nitrogens is 1. The maximum absolute atomic E-state index is 13.3. The van der Waals surface area contributed by atoms with Crippen LogP contribution in [0.4, 0.5) is 11.4 Å². The van der Waals surface area contributed by atoms with Gasteiger partial charge < -0.3 is 14.7 Å². The number of hydrogen-bond acceptors (Lipinski definition) is 6. The molecule has 1 fully saturated rings. The molecular weight excluding hydrogens is 430 g/mol. The van der Waals surface area contributed by atoms with Crippen molar-refractivity contribution in [2.24, 2.45) is 0 Å². The number of benzene rings is 2. The Kier molecular flexibility index (Phi) is 5.32. The Morgan fingerprint density at radius 1 is 1.03 bits per heavy atom. The molecule has 3 aromatic rings. The number of ketones is 1. The zero-order valence-corrected chi connectivity index (χ0v) is 19.3. The molecule has 172 valence electrons. The summed E-state index contributed by atoms with van der Waals surface area (Å²) in [5, 5.41) is 11.4. The molecule has 7 heteroatoms. The first-order valence-electron chi connectivity index (χ1n) is 11.1. The van der Waals surface area contributed by atoms with Crippen LogP contribution < -0.4 is 14.5 Å². The summed E-state index contributed by atoms with van der Waals surface area (Å²) >= 11 is 0. The van der Waals surface area contributed by atoms with Crippen molar-refractivity contribution in [2.75, 3.05) is 30.0 Å². The van der Waals surface area contributed by atoms with E-state index in [1.54, 1.807) is 42.7 Å². The van der Waals surface area contributed by atoms with Crippen molar-refractivity contribution >= 4 is 28.8 Å². The maximum atomic E-state index is 13.3. The highest BCUT2D eigenvalue weighted by atomic mass is 16.5. The highest BCUT2D eigenvalue weighted by Crippen LogP contribution is 2.43. The van der Waals surface area contributed by atoms with E-state index >= 15 is 0 Å². The number of nitrogens with zero attached hydrogens (tertiary/aromatic N) is 3. The number of aryl methyl sites for hydroxylation is 2. The number of pyridine rings is 1. The fourth-order valence-electron chi connectivity index (χ4n) is 4.49. The molecule has 0 saturated carbocycles. The van der Waals surface area contributed by atoms with Gasteiger partial charge in [-0.2, -0.15) is 0 Å². The first-order chi connectivity index (χ1) is 16.4. The van der Waals surface area contributed by atoms with E-state index in [2.05, 4.69) is 4.98 Å². The van der Waals surface area contributed by atoms with E-state index in [4.69, 9.17) is 4.74 Å². The summed E-state index contributed by atoms with van der Waals surface area (Å²) in [5.74, 6) is -0.898. The molecule has 0 bridgehead atoms. The van der Waals surface area contributed by atoms with Gasteiger partial charge >= 0.3 is 0 Å². The number of amides is 1. The average molecular weight is 456 g/mol. The first kappa shape index (κ1) is 21.7. The van der Waals surface area contributed by atoms with Crippen LogP contribution in [0.25, 0.3) is 5.76 Å². The predicted molar refractivity (Wildman–Crippen MR) is 130 cm³/mol. The summed E-state index contributed by atoms with van der Waals surface area (Å²) in [4.78, 5) is 34.2. The SMILES string of the molecule is Cc1ccc(N2C(=O)C(=O)/C(=C(\O)c3ccc4c(c3)N(C)CCO4)C2c2ccncc2)cc1C. The van der Waals surface area contributed by atoms with Gasteiger partial charge in [-0.1, -0.05) is 6.07 Å². The minimum atomic E-state index is -0.782. The highest BCUT2D eigenvalue weighted by molar-refractivity contribution is 6.51. The normalized spacial score (nSPS) is 19.2. The quantitative estimate of drug-likeness (QED) is 0.363. The van der Waals surface area contributed by atoms with Gasteiger partial charge in [-0.05, 0) is 73.0 Å². The topological polar surface area (TPSA) is 83.0 Å². The number of anilines is 2. The molecule has 2 aliphatic rings. The second kappa shape index (κ2) is 8.33. The summed E-state index contributed by atoms with van der Waals surface area (Å²) in [6.45, 7) is 5.25. The Balaban J connectivity index is 1.69. The summed E-state index contributed by atoms with van der Waals surface area (Å²) in [5.41, 5.74) is 4.70. The maximum Gasteiger partial charge on any atom is 0.300 e. The van der Waals surface area contributed by atoms with Crippen LogP contribution in [-0.2, 0) is 9.59 Å². The van der Waals surface area contributed by atoms with Crippen molar-refractivity contribution in [2.45, 2.75) is 19.9 Å². The molecular formula is C27H25N3O4. The second-order valence-corrected chi connectivity index (χ2v) is 8.67. The van der Waals surface area contributed by atoms with Gasteiger partial charge in [-0.15, -0.1) is 0 Å². The van der Waals surface area contributed by atoms with Crippen LogP contribution in [-0.4, -0.2) is 42.0 Å². The van der Waals surface area contributed by atoms with Gasteiger partial charge in [-0.25, -0.2) is 0 Å². The summed E-state index contributed by atoms with van der Waals surface area (Å²) in [6.07, 6.45) is 3.22. The lowest BCUT2D eigenvalue weighted by molar-refractivity contribution is -0.132. The van der Waals surface area contributed by atoms with Crippen LogP contribution in [0.2, 0.25) is 0 Å². The molecule has 5 rings (SSSR count). The number of carbonyl (C=O) groups is 2. The fourth-order valence-corrected chi connectivity index (χ4v) is 4.49. The second-order valence-electron chi connectivity index (χ2n) is 8.67. The molecule has 7 nitrogen and oxygen atoms in total. The van der Waals surface area contributed by atoms with Crippen LogP contribution in [0.5, 0.6) is 5.75 Å². The number of ether oxygens (including phenoxy) is 1. The predicted octanol–water partition coefficient (Wildman–Crippen LogP) is 4.15. The zero-order chi connectivity index (χ0) is 24.0. The number of aliphatic hydroxyl groups is 1. The minimum absolute atomic E-state index is 0.0498. The number of Topliss-reactive ketones (excluding diaryl/α,β-unsaturated/α-hetero) is 1. The molecule has 0 aliphatic carbocycles. The highest BCUT2D eigenvalue weighted by Gasteiger charge is 2.47. The van der Waals surface area contributed by atoms with Crippen LogP contribution in [0.1, 0.15) is 28.3 Å². The molecule has 3 heterocycles. The molecule has 0 spiro atoms. The van der Waals surface area contributed by atoms with Crippen LogP contribution >= 0.6 is 0 Å². The molecule has 1 saturated heterocycles.